The van der Waals surface area contributed by atoms with Crippen molar-refractivity contribution in [1.29, 1.82) is 0 Å². The second-order valence-electron chi connectivity index (χ2n) is 7.77. The number of Topliss-reactive ketones (excluding diaryl/α,β-unsaturated/α-hetero) is 1. The summed E-state index contributed by atoms with van der Waals surface area (Å²) in [6, 6.07) is 11.0. The van der Waals surface area contributed by atoms with E-state index in [9.17, 15) is 14.7 Å². The summed E-state index contributed by atoms with van der Waals surface area (Å²) in [5, 5.41) is 11.7. The van der Waals surface area contributed by atoms with Gasteiger partial charge in [0, 0.05) is 23.1 Å². The Morgan fingerprint density at radius 1 is 1.09 bits per heavy atom. The van der Waals surface area contributed by atoms with Crippen molar-refractivity contribution < 1.29 is 19.4 Å². The SMILES string of the molecule is COc1c(Cl)cc(Cl)cc1/C(O)=C1\C(=O)C(=O)N(c2cc(C)cc(C)c2)C1c1cccnc1. The summed E-state index contributed by atoms with van der Waals surface area (Å²) in [6.07, 6.45) is 3.15. The number of methoxy groups -OCH3 is 1. The van der Waals surface area contributed by atoms with Crippen molar-refractivity contribution in [2.24, 2.45) is 0 Å². The number of amides is 1. The number of pyridine rings is 1. The minimum absolute atomic E-state index is 0.108. The van der Waals surface area contributed by atoms with Crippen LogP contribution in [0.5, 0.6) is 5.75 Å². The Morgan fingerprint density at radius 2 is 1.79 bits per heavy atom. The van der Waals surface area contributed by atoms with Crippen LogP contribution in [0.15, 0.2) is 60.4 Å². The van der Waals surface area contributed by atoms with Gasteiger partial charge in [-0.25, -0.2) is 0 Å². The van der Waals surface area contributed by atoms with Crippen molar-refractivity contribution >= 4 is 46.3 Å². The normalized spacial score (nSPS) is 17.5. The summed E-state index contributed by atoms with van der Waals surface area (Å²) >= 11 is 12.4. The fraction of sp³-hybridized carbons (Fsp3) is 0.160. The van der Waals surface area contributed by atoms with Crippen LogP contribution in [-0.4, -0.2) is 28.9 Å². The number of aliphatic hydroxyl groups is 1. The molecule has 1 saturated heterocycles. The number of aryl methyl sites for hydroxylation is 2. The predicted octanol–water partition coefficient (Wildman–Crippen LogP) is 5.64. The van der Waals surface area contributed by atoms with Crippen LogP contribution in [0.3, 0.4) is 0 Å². The molecule has 0 aliphatic carbocycles. The van der Waals surface area contributed by atoms with Crippen LogP contribution >= 0.6 is 23.2 Å². The van der Waals surface area contributed by atoms with E-state index in [0.29, 0.717) is 11.3 Å². The largest absolute Gasteiger partial charge is 0.507 e. The molecular formula is C25H20Cl2N2O4. The number of aromatic nitrogens is 1. The number of anilines is 1. The Morgan fingerprint density at radius 3 is 2.39 bits per heavy atom. The van der Waals surface area contributed by atoms with E-state index >= 15 is 0 Å². The van der Waals surface area contributed by atoms with Crippen molar-refractivity contribution in [3.8, 4) is 5.75 Å². The van der Waals surface area contributed by atoms with Gasteiger partial charge in [-0.2, -0.15) is 0 Å². The molecule has 33 heavy (non-hydrogen) atoms. The van der Waals surface area contributed by atoms with E-state index in [2.05, 4.69) is 4.98 Å². The molecule has 8 heteroatoms. The maximum Gasteiger partial charge on any atom is 0.300 e. The first-order valence-electron chi connectivity index (χ1n) is 10.1. The first-order valence-corrected chi connectivity index (χ1v) is 10.8. The maximum atomic E-state index is 13.3. The summed E-state index contributed by atoms with van der Waals surface area (Å²) < 4.78 is 5.35. The van der Waals surface area contributed by atoms with E-state index < -0.39 is 23.5 Å². The third-order valence-corrected chi connectivity index (χ3v) is 5.90. The number of aliphatic hydroxyl groups excluding tert-OH is 1. The number of nitrogens with zero attached hydrogens (tertiary/aromatic N) is 2. The first-order chi connectivity index (χ1) is 15.7. The van der Waals surface area contributed by atoms with Gasteiger partial charge >= 0.3 is 0 Å². The molecule has 1 fully saturated rings. The second kappa shape index (κ2) is 8.89. The second-order valence-corrected chi connectivity index (χ2v) is 8.61. The Bertz CT molecular complexity index is 1290. The van der Waals surface area contributed by atoms with Gasteiger partial charge in [0.1, 0.15) is 11.5 Å². The number of halogens is 2. The molecule has 0 spiro atoms. The zero-order valence-electron chi connectivity index (χ0n) is 18.1. The molecule has 1 atom stereocenters. The number of ether oxygens (including phenoxy) is 1. The van der Waals surface area contributed by atoms with Gasteiger partial charge in [-0.15, -0.1) is 0 Å². The third kappa shape index (κ3) is 4.08. The lowest BCUT2D eigenvalue weighted by atomic mass is 9.95. The van der Waals surface area contributed by atoms with Crippen molar-refractivity contribution in [3.05, 3.63) is 92.7 Å². The van der Waals surface area contributed by atoms with Gasteiger partial charge < -0.3 is 9.84 Å². The molecule has 1 amide bonds. The van der Waals surface area contributed by atoms with E-state index in [0.717, 1.165) is 11.1 Å². The molecule has 1 aliphatic rings. The average molecular weight is 483 g/mol. The van der Waals surface area contributed by atoms with Gasteiger partial charge in [-0.1, -0.05) is 35.3 Å². The number of rotatable bonds is 4. The van der Waals surface area contributed by atoms with Crippen LogP contribution in [0.4, 0.5) is 5.69 Å². The third-order valence-electron chi connectivity index (χ3n) is 5.40. The highest BCUT2D eigenvalue weighted by Crippen LogP contribution is 2.45. The van der Waals surface area contributed by atoms with Crippen LogP contribution in [0, 0.1) is 13.8 Å². The Hall–Kier alpha value is -3.35. The van der Waals surface area contributed by atoms with Gasteiger partial charge in [-0.3, -0.25) is 19.5 Å². The molecule has 3 aromatic rings. The fourth-order valence-corrected chi connectivity index (χ4v) is 4.70. The Balaban J connectivity index is 2.02. The minimum Gasteiger partial charge on any atom is -0.507 e. The molecule has 0 bridgehead atoms. The number of hydrogen-bond donors (Lipinski definition) is 1. The minimum atomic E-state index is -0.914. The zero-order chi connectivity index (χ0) is 23.9. The average Bonchev–Trinajstić information content (AvgIpc) is 3.03. The lowest BCUT2D eigenvalue weighted by molar-refractivity contribution is -0.132. The van der Waals surface area contributed by atoms with Crippen molar-refractivity contribution in [2.75, 3.05) is 12.0 Å². The highest BCUT2D eigenvalue weighted by Gasteiger charge is 2.47. The van der Waals surface area contributed by atoms with Gasteiger partial charge in [0.05, 0.1) is 29.3 Å². The standard InChI is InChI=1S/C25H20Cl2N2O4/c1-13-7-14(2)9-17(8-13)29-21(15-5-4-6-28-12-15)20(23(31)25(29)32)22(30)18-10-16(26)11-19(27)24(18)33-3/h4-12,21,30H,1-3H3/b22-20+. The van der Waals surface area contributed by atoms with E-state index in [-0.39, 0.29) is 26.9 Å². The number of hydrogen-bond acceptors (Lipinski definition) is 5. The summed E-state index contributed by atoms with van der Waals surface area (Å²) in [6.45, 7) is 3.82. The van der Waals surface area contributed by atoms with Gasteiger partial charge in [0.2, 0.25) is 0 Å². The molecule has 0 radical (unpaired) electrons. The monoisotopic (exact) mass is 482 g/mol. The smallest absolute Gasteiger partial charge is 0.300 e. The summed E-state index contributed by atoms with van der Waals surface area (Å²) in [5.41, 5.74) is 2.97. The van der Waals surface area contributed by atoms with E-state index in [1.54, 1.807) is 24.5 Å². The molecule has 1 unspecified atom stereocenters. The Labute approximate surface area is 201 Å². The number of ketones is 1. The molecule has 168 valence electrons. The molecule has 2 heterocycles. The quantitative estimate of drug-likeness (QED) is 0.295. The van der Waals surface area contributed by atoms with Crippen LogP contribution in [-0.2, 0) is 9.59 Å². The topological polar surface area (TPSA) is 79.7 Å². The van der Waals surface area contributed by atoms with Crippen LogP contribution in [0.25, 0.3) is 5.76 Å². The van der Waals surface area contributed by atoms with Crippen LogP contribution in [0.1, 0.15) is 28.3 Å². The molecule has 1 N–H and O–H groups in total. The maximum absolute atomic E-state index is 13.3. The Kier molecular flexibility index (Phi) is 6.15. The number of benzene rings is 2. The van der Waals surface area contributed by atoms with Crippen molar-refractivity contribution in [2.45, 2.75) is 19.9 Å². The highest BCUT2D eigenvalue weighted by atomic mass is 35.5. The molecule has 1 aromatic heterocycles. The summed E-state index contributed by atoms with van der Waals surface area (Å²) in [7, 11) is 1.39. The molecule has 6 nitrogen and oxygen atoms in total. The molecule has 1 aliphatic heterocycles. The molecule has 0 saturated carbocycles. The van der Waals surface area contributed by atoms with Gasteiger partial charge in [-0.05, 0) is 60.9 Å². The van der Waals surface area contributed by atoms with Crippen molar-refractivity contribution in [3.63, 3.8) is 0 Å². The number of carbonyl (C=O) groups excluding carboxylic acids is 2. The van der Waals surface area contributed by atoms with E-state index in [1.807, 2.05) is 32.0 Å². The van der Waals surface area contributed by atoms with E-state index in [4.69, 9.17) is 27.9 Å². The molecule has 2 aromatic carbocycles. The lowest BCUT2D eigenvalue weighted by Gasteiger charge is -2.26. The summed E-state index contributed by atoms with van der Waals surface area (Å²) in [5.74, 6) is -1.89. The van der Waals surface area contributed by atoms with Gasteiger partial charge in [0.15, 0.2) is 0 Å². The first kappa shape index (κ1) is 22.8. The summed E-state index contributed by atoms with van der Waals surface area (Å²) in [4.78, 5) is 32.1. The highest BCUT2D eigenvalue weighted by molar-refractivity contribution is 6.52. The fourth-order valence-electron chi connectivity index (χ4n) is 4.13. The number of carbonyl (C=O) groups is 2. The molecule has 4 rings (SSSR count). The van der Waals surface area contributed by atoms with E-state index in [1.165, 1.54) is 24.1 Å². The van der Waals surface area contributed by atoms with Crippen LogP contribution in [0.2, 0.25) is 10.0 Å². The predicted molar refractivity (Wildman–Crippen MR) is 128 cm³/mol. The zero-order valence-corrected chi connectivity index (χ0v) is 19.6. The molecular weight excluding hydrogens is 463 g/mol. The van der Waals surface area contributed by atoms with Gasteiger partial charge in [0.25, 0.3) is 11.7 Å². The van der Waals surface area contributed by atoms with Crippen molar-refractivity contribution in [1.82, 2.24) is 4.98 Å². The lowest BCUT2D eigenvalue weighted by Crippen LogP contribution is -2.29. The van der Waals surface area contributed by atoms with Crippen LogP contribution < -0.4 is 9.64 Å².